The van der Waals surface area contributed by atoms with Crippen molar-refractivity contribution in [1.82, 2.24) is 0 Å². The molecular weight excluding hydrogens is 171 g/mol. The molecule has 0 spiro atoms. The Balaban J connectivity index is 3.90. The molecule has 0 aliphatic heterocycles. The van der Waals surface area contributed by atoms with Crippen LogP contribution in [0.1, 0.15) is 0 Å². The van der Waals surface area contributed by atoms with Crippen molar-refractivity contribution in [3.8, 4) is 0 Å². The van der Waals surface area contributed by atoms with Crippen LogP contribution in [-0.2, 0) is 0 Å². The molecule has 0 aliphatic carbocycles. The van der Waals surface area contributed by atoms with E-state index in [9.17, 15) is 22.0 Å². The molecule has 0 aliphatic rings. The number of aliphatic hydroxyl groups is 1. The van der Waals surface area contributed by atoms with Gasteiger partial charge in [0.05, 0.1) is 0 Å². The summed E-state index contributed by atoms with van der Waals surface area (Å²) in [5.74, 6) is 0. The van der Waals surface area contributed by atoms with Crippen LogP contribution >= 0.6 is 0 Å². The van der Waals surface area contributed by atoms with Crippen molar-refractivity contribution in [3.05, 3.63) is 0 Å². The lowest BCUT2D eigenvalue weighted by atomic mass is 10.2. The Morgan fingerprint density at radius 2 is 1.45 bits per heavy atom. The molecule has 1 N–H and O–H groups in total. The topological polar surface area (TPSA) is 20.2 Å². The fourth-order valence-corrected chi connectivity index (χ4v) is 0.436. The zero-order valence-corrected chi connectivity index (χ0v) is 5.35. The Hall–Kier alpha value is -0.390. The molecule has 0 aromatic rings. The summed E-state index contributed by atoms with van der Waals surface area (Å²) >= 11 is 0. The van der Waals surface area contributed by atoms with Crippen LogP contribution in [0.2, 0.25) is 0 Å². The first-order valence-corrected chi connectivity index (χ1v) is 2.81. The van der Waals surface area contributed by atoms with E-state index in [4.69, 9.17) is 5.11 Å². The van der Waals surface area contributed by atoms with E-state index in [1.54, 1.807) is 0 Å². The van der Waals surface area contributed by atoms with Crippen LogP contribution in [0.15, 0.2) is 0 Å². The third kappa shape index (κ3) is 3.00. The zero-order chi connectivity index (χ0) is 9.02. The Kier molecular flexibility index (Phi) is 4.32. The maximum Gasteiger partial charge on any atom is 0.231 e. The molecule has 0 saturated carbocycles. The predicted octanol–water partition coefficient (Wildman–Crippen LogP) is 1.26. The van der Waals surface area contributed by atoms with E-state index >= 15 is 0 Å². The van der Waals surface area contributed by atoms with Crippen molar-refractivity contribution < 1.29 is 27.1 Å². The highest BCUT2D eigenvalue weighted by Crippen LogP contribution is 2.16. The van der Waals surface area contributed by atoms with Gasteiger partial charge in [-0.25, -0.2) is 22.0 Å². The lowest BCUT2D eigenvalue weighted by molar-refractivity contribution is -0.0744. The number of rotatable bonds is 4. The van der Waals surface area contributed by atoms with Crippen LogP contribution < -0.4 is 0 Å². The highest BCUT2D eigenvalue weighted by atomic mass is 19.2. The van der Waals surface area contributed by atoms with Gasteiger partial charge >= 0.3 is 0 Å². The van der Waals surface area contributed by atoms with Crippen molar-refractivity contribution in [2.45, 2.75) is 24.9 Å². The first-order valence-electron chi connectivity index (χ1n) is 2.81. The summed E-state index contributed by atoms with van der Waals surface area (Å²) in [6.45, 7) is -1.74. The maximum absolute atomic E-state index is 12.1. The fraction of sp³-hybridized carbons (Fsp3) is 1.00. The summed E-state index contributed by atoms with van der Waals surface area (Å²) < 4.78 is 58.6. The second-order valence-corrected chi connectivity index (χ2v) is 1.93. The molecule has 6 heteroatoms. The second-order valence-electron chi connectivity index (χ2n) is 1.93. The summed E-state index contributed by atoms with van der Waals surface area (Å²) in [4.78, 5) is 0. The summed E-state index contributed by atoms with van der Waals surface area (Å²) in [6, 6.07) is 0. The first-order chi connectivity index (χ1) is 5.00. The van der Waals surface area contributed by atoms with E-state index in [1.165, 1.54) is 0 Å². The van der Waals surface area contributed by atoms with E-state index in [0.717, 1.165) is 0 Å². The van der Waals surface area contributed by atoms with Crippen molar-refractivity contribution >= 4 is 0 Å². The average molecular weight is 178 g/mol. The molecule has 0 amide bonds. The molecule has 0 heterocycles. The molecule has 0 fully saturated rings. The molecule has 4 unspecified atom stereocenters. The predicted molar refractivity (Wildman–Crippen MR) is 27.8 cm³/mol. The minimum absolute atomic E-state index is 1.74. The lowest BCUT2D eigenvalue weighted by Gasteiger charge is -2.14. The summed E-state index contributed by atoms with van der Waals surface area (Å²) in [6.07, 6.45) is -11.8. The number of alkyl halides is 5. The normalized spacial score (nSPS) is 22.4. The van der Waals surface area contributed by atoms with Gasteiger partial charge in [0, 0.05) is 0 Å². The Labute approximate surface area is 59.8 Å². The highest BCUT2D eigenvalue weighted by Gasteiger charge is 2.35. The largest absolute Gasteiger partial charge is 0.362 e. The van der Waals surface area contributed by atoms with Gasteiger partial charge in [-0.15, -0.1) is 0 Å². The fourth-order valence-electron chi connectivity index (χ4n) is 0.436. The van der Waals surface area contributed by atoms with Gasteiger partial charge in [-0.05, 0) is 0 Å². The lowest BCUT2D eigenvalue weighted by Crippen LogP contribution is -2.35. The molecule has 0 rings (SSSR count). The summed E-state index contributed by atoms with van der Waals surface area (Å²) in [5.41, 5.74) is 0. The number of hydrogen-bond donors (Lipinski definition) is 1. The minimum atomic E-state index is -3.12. The molecule has 68 valence electrons. The van der Waals surface area contributed by atoms with Gasteiger partial charge in [0.2, 0.25) is 6.36 Å². The van der Waals surface area contributed by atoms with E-state index in [1.807, 2.05) is 0 Å². The monoisotopic (exact) mass is 178 g/mol. The van der Waals surface area contributed by atoms with Gasteiger partial charge in [-0.3, -0.25) is 0 Å². The molecule has 0 bridgehead atoms. The van der Waals surface area contributed by atoms with Crippen molar-refractivity contribution in [2.24, 2.45) is 0 Å². The van der Waals surface area contributed by atoms with Crippen LogP contribution in [0, 0.1) is 0 Å². The molecule has 0 aromatic carbocycles. The van der Waals surface area contributed by atoms with E-state index in [2.05, 4.69) is 0 Å². The van der Waals surface area contributed by atoms with Crippen molar-refractivity contribution in [2.75, 3.05) is 6.67 Å². The van der Waals surface area contributed by atoms with Crippen LogP contribution in [0.3, 0.4) is 0 Å². The molecule has 1 nitrogen and oxygen atoms in total. The van der Waals surface area contributed by atoms with Crippen LogP contribution in [0.5, 0.6) is 0 Å². The SMILES string of the molecule is OC(F)C(F)C(F)C(F)CF. The second kappa shape index (κ2) is 4.48. The quantitative estimate of drug-likeness (QED) is 0.642. The molecule has 0 aromatic heterocycles. The van der Waals surface area contributed by atoms with Crippen molar-refractivity contribution in [3.63, 3.8) is 0 Å². The van der Waals surface area contributed by atoms with Gasteiger partial charge in [0.15, 0.2) is 18.5 Å². The number of hydrogen-bond acceptors (Lipinski definition) is 1. The zero-order valence-electron chi connectivity index (χ0n) is 5.35. The number of aliphatic hydroxyl groups excluding tert-OH is 1. The van der Waals surface area contributed by atoms with E-state index in [-0.39, 0.29) is 0 Å². The van der Waals surface area contributed by atoms with Gasteiger partial charge in [-0.2, -0.15) is 0 Å². The van der Waals surface area contributed by atoms with Crippen LogP contribution in [0.4, 0.5) is 22.0 Å². The molecule has 0 saturated heterocycles. The summed E-state index contributed by atoms with van der Waals surface area (Å²) in [7, 11) is 0. The Bertz CT molecular complexity index is 109. The Morgan fingerprint density at radius 1 is 1.00 bits per heavy atom. The first kappa shape index (κ1) is 10.6. The molecule has 11 heavy (non-hydrogen) atoms. The molecule has 4 atom stereocenters. The standard InChI is InChI=1S/C5H7F5O/c6-1-2(7)3(8)4(9)5(10)11/h2-5,11H,1H2. The third-order valence-corrected chi connectivity index (χ3v) is 1.06. The van der Waals surface area contributed by atoms with Gasteiger partial charge in [-0.1, -0.05) is 0 Å². The van der Waals surface area contributed by atoms with E-state index < -0.39 is 31.5 Å². The average Bonchev–Trinajstić information content (AvgIpc) is 2.00. The van der Waals surface area contributed by atoms with Gasteiger partial charge in [0.1, 0.15) is 6.67 Å². The van der Waals surface area contributed by atoms with Crippen molar-refractivity contribution in [1.29, 1.82) is 0 Å². The smallest absolute Gasteiger partial charge is 0.231 e. The Morgan fingerprint density at radius 3 is 1.73 bits per heavy atom. The van der Waals surface area contributed by atoms with Gasteiger partial charge < -0.3 is 5.11 Å². The molecular formula is C5H7F5O. The molecule has 0 radical (unpaired) electrons. The number of halogens is 5. The van der Waals surface area contributed by atoms with E-state index in [0.29, 0.717) is 0 Å². The van der Waals surface area contributed by atoms with Crippen LogP contribution in [0.25, 0.3) is 0 Å². The third-order valence-electron chi connectivity index (χ3n) is 1.06. The maximum atomic E-state index is 12.1. The van der Waals surface area contributed by atoms with Crippen LogP contribution in [-0.4, -0.2) is 36.7 Å². The highest BCUT2D eigenvalue weighted by molar-refractivity contribution is 4.77. The van der Waals surface area contributed by atoms with Gasteiger partial charge in [0.25, 0.3) is 0 Å². The summed E-state index contributed by atoms with van der Waals surface area (Å²) in [5, 5.41) is 7.76. The minimum Gasteiger partial charge on any atom is -0.362 e.